The number of ether oxygens (including phenoxy) is 3. The largest absolute Gasteiger partial charge is 0.493 e. The van der Waals surface area contributed by atoms with Crippen molar-refractivity contribution in [1.82, 2.24) is 19.5 Å². The standard InChI is InChI=1S/C23H30N4O4/c1-15-16(2)24-22-12-19(25-27(22)23(15)28)18-7-8-26(14-18)13-17-5-6-20(21(11-17)30-4)31-10-9-29-3/h5-6,11-12,18,25H,7-10,13-14H2,1-4H3. The van der Waals surface area contributed by atoms with Crippen molar-refractivity contribution < 1.29 is 14.2 Å². The highest BCUT2D eigenvalue weighted by Gasteiger charge is 2.26. The van der Waals surface area contributed by atoms with E-state index in [0.29, 0.717) is 30.3 Å². The summed E-state index contributed by atoms with van der Waals surface area (Å²) in [6, 6.07) is 8.08. The first-order chi connectivity index (χ1) is 15.0. The highest BCUT2D eigenvalue weighted by molar-refractivity contribution is 5.44. The molecule has 2 aromatic heterocycles. The summed E-state index contributed by atoms with van der Waals surface area (Å²) in [5.41, 5.74) is 4.38. The molecular formula is C23H30N4O4. The van der Waals surface area contributed by atoms with Gasteiger partial charge in [0.25, 0.3) is 5.56 Å². The lowest BCUT2D eigenvalue weighted by atomic mass is 10.1. The molecule has 1 aromatic carbocycles. The number of rotatable bonds is 8. The van der Waals surface area contributed by atoms with Gasteiger partial charge in [-0.15, -0.1) is 0 Å². The van der Waals surface area contributed by atoms with Gasteiger partial charge >= 0.3 is 0 Å². The normalized spacial score (nSPS) is 16.8. The van der Waals surface area contributed by atoms with Gasteiger partial charge in [-0.3, -0.25) is 14.8 Å². The molecule has 0 saturated carbocycles. The van der Waals surface area contributed by atoms with Crippen LogP contribution in [-0.2, 0) is 11.3 Å². The molecule has 1 unspecified atom stereocenters. The molecular weight excluding hydrogens is 396 g/mol. The average molecular weight is 427 g/mol. The molecule has 8 nitrogen and oxygen atoms in total. The summed E-state index contributed by atoms with van der Waals surface area (Å²) in [4.78, 5) is 19.5. The third kappa shape index (κ3) is 4.45. The topological polar surface area (TPSA) is 81.1 Å². The Morgan fingerprint density at radius 1 is 1.16 bits per heavy atom. The minimum Gasteiger partial charge on any atom is -0.493 e. The lowest BCUT2D eigenvalue weighted by Gasteiger charge is -2.17. The van der Waals surface area contributed by atoms with Gasteiger partial charge in [-0.05, 0) is 44.5 Å². The van der Waals surface area contributed by atoms with Crippen LogP contribution in [0.1, 0.15) is 34.9 Å². The van der Waals surface area contributed by atoms with Crippen LogP contribution in [0.2, 0.25) is 0 Å². The summed E-state index contributed by atoms with van der Waals surface area (Å²) in [6.07, 6.45) is 1.04. The molecule has 1 aliphatic heterocycles. The molecule has 3 aromatic rings. The summed E-state index contributed by atoms with van der Waals surface area (Å²) in [5, 5.41) is 3.28. The third-order valence-corrected chi connectivity index (χ3v) is 5.99. The van der Waals surface area contributed by atoms with Crippen LogP contribution in [0.5, 0.6) is 11.5 Å². The maximum atomic E-state index is 12.5. The zero-order valence-electron chi connectivity index (χ0n) is 18.6. The van der Waals surface area contributed by atoms with Crippen molar-refractivity contribution in [3.63, 3.8) is 0 Å². The predicted octanol–water partition coefficient (Wildman–Crippen LogP) is 2.66. The maximum Gasteiger partial charge on any atom is 0.275 e. The smallest absolute Gasteiger partial charge is 0.275 e. The van der Waals surface area contributed by atoms with Gasteiger partial charge < -0.3 is 14.2 Å². The van der Waals surface area contributed by atoms with Crippen LogP contribution >= 0.6 is 0 Å². The second kappa shape index (κ2) is 9.11. The molecule has 0 bridgehead atoms. The SMILES string of the molecule is COCCOc1ccc(CN2CCC(c3cc4nc(C)c(C)c(=O)n4[nH]3)C2)cc1OC. The fraction of sp³-hybridized carbons (Fsp3) is 0.478. The molecule has 166 valence electrons. The number of benzene rings is 1. The van der Waals surface area contributed by atoms with Gasteiger partial charge in [0.05, 0.1) is 13.7 Å². The van der Waals surface area contributed by atoms with Gasteiger partial charge in [0.2, 0.25) is 0 Å². The van der Waals surface area contributed by atoms with Crippen LogP contribution in [0.3, 0.4) is 0 Å². The highest BCUT2D eigenvalue weighted by atomic mass is 16.5. The number of hydrogen-bond acceptors (Lipinski definition) is 6. The molecule has 0 aliphatic carbocycles. The summed E-state index contributed by atoms with van der Waals surface area (Å²) in [5.74, 6) is 1.81. The van der Waals surface area contributed by atoms with E-state index in [1.807, 2.05) is 32.0 Å². The van der Waals surface area contributed by atoms with E-state index in [4.69, 9.17) is 14.2 Å². The minimum absolute atomic E-state index is 0.0245. The Hall–Kier alpha value is -2.84. The van der Waals surface area contributed by atoms with Crippen molar-refractivity contribution in [1.29, 1.82) is 0 Å². The van der Waals surface area contributed by atoms with Crippen LogP contribution in [0.4, 0.5) is 0 Å². The van der Waals surface area contributed by atoms with Crippen LogP contribution in [0, 0.1) is 13.8 Å². The molecule has 3 heterocycles. The minimum atomic E-state index is -0.0245. The van der Waals surface area contributed by atoms with Crippen LogP contribution in [0.25, 0.3) is 5.65 Å². The highest BCUT2D eigenvalue weighted by Crippen LogP contribution is 2.31. The summed E-state index contributed by atoms with van der Waals surface area (Å²) in [7, 11) is 3.31. The van der Waals surface area contributed by atoms with Gasteiger partial charge in [0.1, 0.15) is 6.61 Å². The molecule has 4 rings (SSSR count). The van der Waals surface area contributed by atoms with Crippen molar-refractivity contribution in [2.75, 3.05) is 40.5 Å². The van der Waals surface area contributed by atoms with Crippen LogP contribution in [-0.4, -0.2) is 60.0 Å². The van der Waals surface area contributed by atoms with Crippen molar-refractivity contribution in [3.05, 3.63) is 57.1 Å². The molecule has 1 saturated heterocycles. The first kappa shape index (κ1) is 21.4. The first-order valence-corrected chi connectivity index (χ1v) is 10.6. The summed E-state index contributed by atoms with van der Waals surface area (Å²) < 4.78 is 17.8. The number of aromatic amines is 1. The van der Waals surface area contributed by atoms with Crippen molar-refractivity contribution in [3.8, 4) is 11.5 Å². The number of nitrogens with one attached hydrogen (secondary N) is 1. The van der Waals surface area contributed by atoms with Crippen molar-refractivity contribution in [2.45, 2.75) is 32.7 Å². The Bertz CT molecular complexity index is 1120. The van der Waals surface area contributed by atoms with E-state index in [1.54, 1.807) is 18.7 Å². The van der Waals surface area contributed by atoms with E-state index in [2.05, 4.69) is 21.0 Å². The second-order valence-corrected chi connectivity index (χ2v) is 8.08. The quantitative estimate of drug-likeness (QED) is 0.558. The van der Waals surface area contributed by atoms with E-state index in [1.165, 1.54) is 5.56 Å². The van der Waals surface area contributed by atoms with Crippen LogP contribution < -0.4 is 15.0 Å². The van der Waals surface area contributed by atoms with E-state index in [0.717, 1.165) is 48.9 Å². The van der Waals surface area contributed by atoms with Gasteiger partial charge in [-0.2, -0.15) is 0 Å². The van der Waals surface area contributed by atoms with E-state index < -0.39 is 0 Å². The van der Waals surface area contributed by atoms with E-state index in [9.17, 15) is 4.79 Å². The average Bonchev–Trinajstić information content (AvgIpc) is 3.40. The zero-order chi connectivity index (χ0) is 22.0. The number of aryl methyl sites for hydroxylation is 1. The van der Waals surface area contributed by atoms with E-state index >= 15 is 0 Å². The number of fused-ring (bicyclic) bond motifs is 1. The van der Waals surface area contributed by atoms with E-state index in [-0.39, 0.29) is 5.56 Å². The van der Waals surface area contributed by atoms with Gasteiger partial charge in [0, 0.05) is 49.1 Å². The lowest BCUT2D eigenvalue weighted by Crippen LogP contribution is -2.20. The number of hydrogen-bond donors (Lipinski definition) is 1. The Morgan fingerprint density at radius 2 is 2.00 bits per heavy atom. The van der Waals surface area contributed by atoms with Crippen molar-refractivity contribution >= 4 is 5.65 Å². The number of likely N-dealkylation sites (tertiary alicyclic amines) is 1. The number of aromatic nitrogens is 3. The van der Waals surface area contributed by atoms with Gasteiger partial charge in [0.15, 0.2) is 17.1 Å². The molecule has 1 fully saturated rings. The number of nitrogens with zero attached hydrogens (tertiary/aromatic N) is 3. The molecule has 0 spiro atoms. The Labute approximate surface area is 181 Å². The zero-order valence-corrected chi connectivity index (χ0v) is 18.6. The monoisotopic (exact) mass is 426 g/mol. The van der Waals surface area contributed by atoms with Gasteiger partial charge in [-0.25, -0.2) is 9.50 Å². The Kier molecular flexibility index (Phi) is 6.29. The molecule has 31 heavy (non-hydrogen) atoms. The third-order valence-electron chi connectivity index (χ3n) is 5.99. The Morgan fingerprint density at radius 3 is 2.77 bits per heavy atom. The fourth-order valence-corrected chi connectivity index (χ4v) is 4.10. The first-order valence-electron chi connectivity index (χ1n) is 10.6. The molecule has 8 heteroatoms. The van der Waals surface area contributed by atoms with Crippen molar-refractivity contribution in [2.24, 2.45) is 0 Å². The molecule has 0 amide bonds. The predicted molar refractivity (Wildman–Crippen MR) is 118 cm³/mol. The summed E-state index contributed by atoms with van der Waals surface area (Å²) in [6.45, 7) is 7.47. The Balaban J connectivity index is 1.44. The second-order valence-electron chi connectivity index (χ2n) is 8.08. The molecule has 1 N–H and O–H groups in total. The van der Waals surface area contributed by atoms with Crippen LogP contribution in [0.15, 0.2) is 29.1 Å². The maximum absolute atomic E-state index is 12.5. The molecule has 1 aliphatic rings. The fourth-order valence-electron chi connectivity index (χ4n) is 4.10. The lowest BCUT2D eigenvalue weighted by molar-refractivity contribution is 0.144. The number of methoxy groups -OCH3 is 2. The summed E-state index contributed by atoms with van der Waals surface area (Å²) >= 11 is 0. The molecule has 0 radical (unpaired) electrons. The number of H-pyrrole nitrogens is 1. The van der Waals surface area contributed by atoms with Gasteiger partial charge in [-0.1, -0.05) is 6.07 Å². The molecule has 1 atom stereocenters.